The average molecular weight is 205 g/mol. The van der Waals surface area contributed by atoms with Gasteiger partial charge in [0.1, 0.15) is 11.6 Å². The lowest BCUT2D eigenvalue weighted by atomic mass is 10.4. The first kappa shape index (κ1) is 9.98. The molecule has 0 saturated carbocycles. The van der Waals surface area contributed by atoms with Crippen molar-refractivity contribution < 1.29 is 4.42 Å². The molecule has 4 heteroatoms. The smallest absolute Gasteiger partial charge is 0.122 e. The van der Waals surface area contributed by atoms with E-state index in [0.29, 0.717) is 0 Å². The summed E-state index contributed by atoms with van der Waals surface area (Å²) in [5.41, 5.74) is 0. The third-order valence-corrected chi connectivity index (χ3v) is 2.30. The standard InChI is InChI=1S/C11H15N3O/c1-2-14-6-5-13-11(14)9-12-8-10-4-3-7-15-10/h3-7,12H,2,8-9H2,1H3. The van der Waals surface area contributed by atoms with Crippen molar-refractivity contribution >= 4 is 0 Å². The third kappa shape index (κ3) is 2.47. The Kier molecular flexibility index (Phi) is 3.19. The van der Waals surface area contributed by atoms with Gasteiger partial charge in [-0.15, -0.1) is 0 Å². The molecule has 0 amide bonds. The number of hydrogen-bond acceptors (Lipinski definition) is 3. The van der Waals surface area contributed by atoms with Crippen molar-refractivity contribution in [1.29, 1.82) is 0 Å². The molecule has 0 atom stereocenters. The average Bonchev–Trinajstić information content (AvgIpc) is 2.88. The summed E-state index contributed by atoms with van der Waals surface area (Å²) in [6.45, 7) is 4.57. The van der Waals surface area contributed by atoms with Crippen LogP contribution in [0.1, 0.15) is 18.5 Å². The van der Waals surface area contributed by atoms with E-state index >= 15 is 0 Å². The van der Waals surface area contributed by atoms with Gasteiger partial charge in [0.05, 0.1) is 19.4 Å². The molecular formula is C11H15N3O. The van der Waals surface area contributed by atoms with Crippen LogP contribution in [0.3, 0.4) is 0 Å². The topological polar surface area (TPSA) is 43.0 Å². The second-order valence-corrected chi connectivity index (χ2v) is 3.31. The molecule has 0 aromatic carbocycles. The van der Waals surface area contributed by atoms with Crippen molar-refractivity contribution in [2.45, 2.75) is 26.6 Å². The van der Waals surface area contributed by atoms with Crippen LogP contribution in [-0.4, -0.2) is 9.55 Å². The Balaban J connectivity index is 1.83. The van der Waals surface area contributed by atoms with Crippen molar-refractivity contribution in [3.63, 3.8) is 0 Å². The number of hydrogen-bond donors (Lipinski definition) is 1. The van der Waals surface area contributed by atoms with Crippen LogP contribution in [0.25, 0.3) is 0 Å². The molecule has 2 heterocycles. The molecule has 2 rings (SSSR count). The second-order valence-electron chi connectivity index (χ2n) is 3.31. The number of imidazole rings is 1. The van der Waals surface area contributed by atoms with Gasteiger partial charge >= 0.3 is 0 Å². The van der Waals surface area contributed by atoms with Crippen molar-refractivity contribution in [3.8, 4) is 0 Å². The molecule has 2 aromatic heterocycles. The predicted molar refractivity (Wildman–Crippen MR) is 57.2 cm³/mol. The van der Waals surface area contributed by atoms with Crippen LogP contribution in [0.15, 0.2) is 35.2 Å². The summed E-state index contributed by atoms with van der Waals surface area (Å²) in [6, 6.07) is 3.85. The highest BCUT2D eigenvalue weighted by atomic mass is 16.3. The monoisotopic (exact) mass is 205 g/mol. The van der Waals surface area contributed by atoms with Gasteiger partial charge in [-0.1, -0.05) is 0 Å². The van der Waals surface area contributed by atoms with E-state index in [0.717, 1.165) is 31.2 Å². The van der Waals surface area contributed by atoms with Gasteiger partial charge in [-0.3, -0.25) is 0 Å². The van der Waals surface area contributed by atoms with Crippen LogP contribution in [0, 0.1) is 0 Å². The summed E-state index contributed by atoms with van der Waals surface area (Å²) in [4.78, 5) is 4.28. The molecule has 0 fully saturated rings. The molecule has 80 valence electrons. The zero-order chi connectivity index (χ0) is 10.5. The van der Waals surface area contributed by atoms with Crippen LogP contribution in [0.2, 0.25) is 0 Å². The first-order valence-electron chi connectivity index (χ1n) is 5.13. The summed E-state index contributed by atoms with van der Waals surface area (Å²) in [5.74, 6) is 2.01. The van der Waals surface area contributed by atoms with E-state index in [2.05, 4.69) is 21.8 Å². The van der Waals surface area contributed by atoms with Crippen molar-refractivity contribution in [2.75, 3.05) is 0 Å². The maximum atomic E-state index is 5.22. The lowest BCUT2D eigenvalue weighted by molar-refractivity contribution is 0.477. The van der Waals surface area contributed by atoms with E-state index in [4.69, 9.17) is 4.42 Å². The maximum absolute atomic E-state index is 5.22. The van der Waals surface area contributed by atoms with E-state index in [9.17, 15) is 0 Å². The van der Waals surface area contributed by atoms with Gasteiger partial charge in [0, 0.05) is 18.9 Å². The SMILES string of the molecule is CCn1ccnc1CNCc1ccco1. The first-order chi connectivity index (χ1) is 7.40. The molecule has 0 aliphatic carbocycles. The Morgan fingerprint density at radius 1 is 1.47 bits per heavy atom. The molecular weight excluding hydrogens is 190 g/mol. The minimum absolute atomic E-state index is 0.740. The highest BCUT2D eigenvalue weighted by Gasteiger charge is 2.00. The van der Waals surface area contributed by atoms with Crippen molar-refractivity contribution in [2.24, 2.45) is 0 Å². The van der Waals surface area contributed by atoms with Crippen LogP contribution < -0.4 is 5.32 Å². The van der Waals surface area contributed by atoms with E-state index in [-0.39, 0.29) is 0 Å². The van der Waals surface area contributed by atoms with E-state index in [1.54, 1.807) is 6.26 Å². The number of aromatic nitrogens is 2. The van der Waals surface area contributed by atoms with Crippen LogP contribution in [0.4, 0.5) is 0 Å². The fraction of sp³-hybridized carbons (Fsp3) is 0.364. The fourth-order valence-electron chi connectivity index (χ4n) is 1.51. The van der Waals surface area contributed by atoms with Gasteiger partial charge < -0.3 is 14.3 Å². The summed E-state index contributed by atoms with van der Waals surface area (Å²) < 4.78 is 7.34. The van der Waals surface area contributed by atoms with Gasteiger partial charge in [0.15, 0.2) is 0 Å². The van der Waals surface area contributed by atoms with Gasteiger partial charge in [-0.05, 0) is 19.1 Å². The second kappa shape index (κ2) is 4.79. The summed E-state index contributed by atoms with van der Waals surface area (Å²) in [6.07, 6.45) is 5.50. The number of aryl methyl sites for hydroxylation is 1. The molecule has 2 aromatic rings. The Bertz CT molecular complexity index is 392. The van der Waals surface area contributed by atoms with Gasteiger partial charge in [-0.25, -0.2) is 4.98 Å². The highest BCUT2D eigenvalue weighted by Crippen LogP contribution is 2.00. The van der Waals surface area contributed by atoms with E-state index < -0.39 is 0 Å². The molecule has 0 bridgehead atoms. The Morgan fingerprint density at radius 2 is 2.40 bits per heavy atom. The third-order valence-electron chi connectivity index (χ3n) is 2.30. The quantitative estimate of drug-likeness (QED) is 0.809. The Morgan fingerprint density at radius 3 is 3.13 bits per heavy atom. The molecule has 4 nitrogen and oxygen atoms in total. The number of rotatable bonds is 5. The minimum Gasteiger partial charge on any atom is -0.468 e. The number of furan rings is 1. The fourth-order valence-corrected chi connectivity index (χ4v) is 1.51. The largest absolute Gasteiger partial charge is 0.468 e. The molecule has 15 heavy (non-hydrogen) atoms. The Labute approximate surface area is 88.9 Å². The zero-order valence-corrected chi connectivity index (χ0v) is 8.81. The van der Waals surface area contributed by atoms with Gasteiger partial charge in [-0.2, -0.15) is 0 Å². The minimum atomic E-state index is 0.740. The molecule has 0 aliphatic rings. The maximum Gasteiger partial charge on any atom is 0.122 e. The zero-order valence-electron chi connectivity index (χ0n) is 8.81. The van der Waals surface area contributed by atoms with E-state index in [1.165, 1.54) is 0 Å². The normalized spacial score (nSPS) is 10.7. The molecule has 0 unspecified atom stereocenters. The predicted octanol–water partition coefficient (Wildman–Crippen LogP) is 1.79. The molecule has 0 aliphatic heterocycles. The Hall–Kier alpha value is -1.55. The summed E-state index contributed by atoms with van der Waals surface area (Å²) in [5, 5.41) is 3.29. The summed E-state index contributed by atoms with van der Waals surface area (Å²) in [7, 11) is 0. The lowest BCUT2D eigenvalue weighted by Crippen LogP contribution is -2.16. The number of nitrogens with zero attached hydrogens (tertiary/aromatic N) is 2. The van der Waals surface area contributed by atoms with Crippen LogP contribution >= 0.6 is 0 Å². The van der Waals surface area contributed by atoms with Gasteiger partial charge in [0.25, 0.3) is 0 Å². The van der Waals surface area contributed by atoms with Crippen molar-refractivity contribution in [1.82, 2.24) is 14.9 Å². The van der Waals surface area contributed by atoms with Crippen LogP contribution in [-0.2, 0) is 19.6 Å². The highest BCUT2D eigenvalue weighted by molar-refractivity contribution is 4.98. The van der Waals surface area contributed by atoms with Crippen LogP contribution in [0.5, 0.6) is 0 Å². The number of nitrogens with one attached hydrogen (secondary N) is 1. The lowest BCUT2D eigenvalue weighted by Gasteiger charge is -2.05. The first-order valence-corrected chi connectivity index (χ1v) is 5.13. The van der Waals surface area contributed by atoms with Crippen molar-refractivity contribution in [3.05, 3.63) is 42.4 Å². The molecule has 0 saturated heterocycles. The summed E-state index contributed by atoms with van der Waals surface area (Å²) >= 11 is 0. The molecule has 0 radical (unpaired) electrons. The molecule has 0 spiro atoms. The molecule has 1 N–H and O–H groups in total. The van der Waals surface area contributed by atoms with E-state index in [1.807, 2.05) is 24.5 Å². The van der Waals surface area contributed by atoms with Gasteiger partial charge in [0.2, 0.25) is 0 Å².